The number of rotatable bonds is 2. The lowest BCUT2D eigenvalue weighted by Gasteiger charge is -1.98. The van der Waals surface area contributed by atoms with Crippen molar-refractivity contribution in [2.24, 2.45) is 7.05 Å². The minimum absolute atomic E-state index is 0.936. The molecule has 0 radical (unpaired) electrons. The van der Waals surface area contributed by atoms with Gasteiger partial charge >= 0.3 is 0 Å². The van der Waals surface area contributed by atoms with Gasteiger partial charge in [0.2, 0.25) is 0 Å². The highest BCUT2D eigenvalue weighted by Crippen LogP contribution is 1.98. The van der Waals surface area contributed by atoms with Crippen molar-refractivity contribution in [1.29, 1.82) is 0 Å². The Hall–Kier alpha value is -1.57. The van der Waals surface area contributed by atoms with E-state index in [-0.39, 0.29) is 0 Å². The van der Waals surface area contributed by atoms with Crippen LogP contribution in [-0.2, 0) is 13.6 Å². The van der Waals surface area contributed by atoms with Crippen LogP contribution in [0.1, 0.15) is 11.3 Å². The van der Waals surface area contributed by atoms with Gasteiger partial charge in [0.1, 0.15) is 0 Å². The van der Waals surface area contributed by atoms with Crippen LogP contribution in [-0.4, -0.2) is 4.68 Å². The normalized spacial score (nSPS) is 10.4. The second-order valence-corrected chi connectivity index (χ2v) is 3.56. The maximum absolute atomic E-state index is 2.20. The van der Waals surface area contributed by atoms with E-state index in [2.05, 4.69) is 59.9 Å². The number of aryl methyl sites for hydroxylation is 1. The molecule has 0 aliphatic heterocycles. The van der Waals surface area contributed by atoms with Gasteiger partial charge in [0.25, 0.3) is 0 Å². The average Bonchev–Trinajstić information content (AvgIpc) is 2.52. The maximum atomic E-state index is 2.20. The Morgan fingerprint density at radius 1 is 1.14 bits per heavy atom. The Morgan fingerprint density at radius 3 is 2.43 bits per heavy atom. The van der Waals surface area contributed by atoms with Gasteiger partial charge in [-0.1, -0.05) is 30.3 Å². The van der Waals surface area contributed by atoms with Crippen molar-refractivity contribution in [2.45, 2.75) is 13.5 Å². The van der Waals surface area contributed by atoms with Crippen LogP contribution in [0.5, 0.6) is 0 Å². The highest BCUT2D eigenvalue weighted by atomic mass is 15.4. The molecular weight excluding hydrogens is 172 g/mol. The summed E-state index contributed by atoms with van der Waals surface area (Å²) >= 11 is 0. The number of aromatic nitrogens is 2. The van der Waals surface area contributed by atoms with Crippen molar-refractivity contribution in [3.05, 3.63) is 53.9 Å². The highest BCUT2D eigenvalue weighted by Gasteiger charge is 2.08. The van der Waals surface area contributed by atoms with Crippen LogP contribution in [0.25, 0.3) is 0 Å². The maximum Gasteiger partial charge on any atom is 0.197 e. The van der Waals surface area contributed by atoms with E-state index in [1.807, 2.05) is 6.07 Å². The number of hydrogen-bond acceptors (Lipinski definition) is 0. The molecule has 2 heteroatoms. The zero-order valence-electron chi connectivity index (χ0n) is 8.64. The molecule has 0 aliphatic carbocycles. The van der Waals surface area contributed by atoms with E-state index in [1.54, 1.807) is 0 Å². The van der Waals surface area contributed by atoms with Gasteiger partial charge in [-0.3, -0.25) is 0 Å². The summed E-state index contributed by atoms with van der Waals surface area (Å²) in [4.78, 5) is 0. The predicted molar refractivity (Wildman–Crippen MR) is 55.9 cm³/mol. The summed E-state index contributed by atoms with van der Waals surface area (Å²) in [7, 11) is 2.08. The molecule has 0 atom stereocenters. The summed E-state index contributed by atoms with van der Waals surface area (Å²) in [5.41, 5.74) is 2.61. The first-order valence-corrected chi connectivity index (χ1v) is 4.83. The van der Waals surface area contributed by atoms with Crippen molar-refractivity contribution in [1.82, 2.24) is 4.68 Å². The first kappa shape index (κ1) is 9.00. The van der Waals surface area contributed by atoms with E-state index in [0.717, 1.165) is 6.54 Å². The number of hydrogen-bond donors (Lipinski definition) is 0. The number of nitrogens with zero attached hydrogens (tertiary/aromatic N) is 2. The summed E-state index contributed by atoms with van der Waals surface area (Å²) in [5.74, 6) is 0. The smallest absolute Gasteiger partial charge is 0.161 e. The Balaban J connectivity index is 2.23. The molecule has 1 aromatic heterocycles. The zero-order valence-corrected chi connectivity index (χ0v) is 8.64. The topological polar surface area (TPSA) is 8.81 Å². The van der Waals surface area contributed by atoms with Gasteiger partial charge in [-0.2, -0.15) is 4.68 Å². The third-order valence-corrected chi connectivity index (χ3v) is 2.57. The summed E-state index contributed by atoms with van der Waals surface area (Å²) < 4.78 is 4.36. The Kier molecular flexibility index (Phi) is 2.35. The van der Waals surface area contributed by atoms with E-state index in [1.165, 1.54) is 11.3 Å². The van der Waals surface area contributed by atoms with E-state index in [0.29, 0.717) is 0 Å². The van der Waals surface area contributed by atoms with Gasteiger partial charge in [-0.05, 0) is 6.92 Å². The van der Waals surface area contributed by atoms with E-state index < -0.39 is 0 Å². The van der Waals surface area contributed by atoms with Gasteiger partial charge in [-0.25, -0.2) is 0 Å². The van der Waals surface area contributed by atoms with Gasteiger partial charge in [0.05, 0.1) is 12.7 Å². The third kappa shape index (κ3) is 1.69. The van der Waals surface area contributed by atoms with Crippen molar-refractivity contribution < 1.29 is 4.68 Å². The second kappa shape index (κ2) is 3.66. The summed E-state index contributed by atoms with van der Waals surface area (Å²) in [6.07, 6.45) is 2.11. The SMILES string of the molecule is Cc1cc[n+](Cc2ccccc2)n1C. The molecule has 0 amide bonds. The molecule has 0 bridgehead atoms. The first-order valence-electron chi connectivity index (χ1n) is 4.83. The van der Waals surface area contributed by atoms with E-state index in [4.69, 9.17) is 0 Å². The van der Waals surface area contributed by atoms with Crippen molar-refractivity contribution in [3.8, 4) is 0 Å². The van der Waals surface area contributed by atoms with Crippen LogP contribution >= 0.6 is 0 Å². The van der Waals surface area contributed by atoms with E-state index in [9.17, 15) is 0 Å². The van der Waals surface area contributed by atoms with Crippen molar-refractivity contribution in [3.63, 3.8) is 0 Å². The molecule has 2 nitrogen and oxygen atoms in total. The largest absolute Gasteiger partial charge is 0.197 e. The molecule has 0 fully saturated rings. The van der Waals surface area contributed by atoms with Gasteiger partial charge in [0, 0.05) is 11.6 Å². The minimum atomic E-state index is 0.936. The highest BCUT2D eigenvalue weighted by molar-refractivity contribution is 5.13. The van der Waals surface area contributed by atoms with Gasteiger partial charge in [0.15, 0.2) is 12.7 Å². The molecule has 0 spiro atoms. The molecule has 0 saturated heterocycles. The Bertz CT molecular complexity index is 415. The molecule has 1 heterocycles. The molecule has 72 valence electrons. The fourth-order valence-corrected chi connectivity index (χ4v) is 1.53. The lowest BCUT2D eigenvalue weighted by molar-refractivity contribution is -0.766. The quantitative estimate of drug-likeness (QED) is 0.632. The molecule has 0 unspecified atom stereocenters. The van der Waals surface area contributed by atoms with Crippen LogP contribution in [0.3, 0.4) is 0 Å². The molecule has 2 rings (SSSR count). The summed E-state index contributed by atoms with van der Waals surface area (Å²) in [6, 6.07) is 12.6. The van der Waals surface area contributed by atoms with E-state index >= 15 is 0 Å². The molecule has 0 aliphatic rings. The standard InChI is InChI=1S/C12H15N2/c1-11-8-9-14(13(11)2)10-12-6-4-3-5-7-12/h3-9H,10H2,1-2H3/q+1. The molecule has 0 saturated carbocycles. The number of benzene rings is 1. The lowest BCUT2D eigenvalue weighted by Crippen LogP contribution is -2.42. The van der Waals surface area contributed by atoms with Crippen LogP contribution in [0, 0.1) is 6.92 Å². The average molecular weight is 187 g/mol. The van der Waals surface area contributed by atoms with Crippen molar-refractivity contribution in [2.75, 3.05) is 0 Å². The molecule has 14 heavy (non-hydrogen) atoms. The van der Waals surface area contributed by atoms with Crippen LogP contribution in [0.2, 0.25) is 0 Å². The monoisotopic (exact) mass is 187 g/mol. The summed E-state index contributed by atoms with van der Waals surface area (Å²) in [6.45, 7) is 3.05. The molecule has 1 aromatic carbocycles. The van der Waals surface area contributed by atoms with Gasteiger partial charge < -0.3 is 0 Å². The van der Waals surface area contributed by atoms with Crippen LogP contribution < -0.4 is 4.68 Å². The fraction of sp³-hybridized carbons (Fsp3) is 0.250. The lowest BCUT2D eigenvalue weighted by atomic mass is 10.2. The minimum Gasteiger partial charge on any atom is -0.161 e. The predicted octanol–water partition coefficient (Wildman–Crippen LogP) is 1.67. The van der Waals surface area contributed by atoms with Crippen molar-refractivity contribution >= 4 is 0 Å². The van der Waals surface area contributed by atoms with Crippen LogP contribution in [0.15, 0.2) is 42.6 Å². The molecule has 0 N–H and O–H groups in total. The molecular formula is C12H15N2+. The third-order valence-electron chi connectivity index (χ3n) is 2.57. The van der Waals surface area contributed by atoms with Crippen LogP contribution in [0.4, 0.5) is 0 Å². The fourth-order valence-electron chi connectivity index (χ4n) is 1.53. The first-order chi connectivity index (χ1) is 6.77. The Morgan fingerprint density at radius 2 is 1.86 bits per heavy atom. The zero-order chi connectivity index (χ0) is 9.97. The summed E-state index contributed by atoms with van der Waals surface area (Å²) in [5, 5.41) is 0. The molecule has 2 aromatic rings. The second-order valence-electron chi connectivity index (χ2n) is 3.56. The Labute approximate surface area is 84.4 Å². The van der Waals surface area contributed by atoms with Gasteiger partial charge in [-0.15, -0.1) is 4.68 Å².